The van der Waals surface area contributed by atoms with E-state index in [9.17, 15) is 4.79 Å². The van der Waals surface area contributed by atoms with E-state index in [4.69, 9.17) is 12.2 Å². The molecule has 2 rings (SSSR count). The predicted molar refractivity (Wildman–Crippen MR) is 76.5 cm³/mol. The fourth-order valence-electron chi connectivity index (χ4n) is 1.37. The van der Waals surface area contributed by atoms with E-state index in [0.29, 0.717) is 9.23 Å². The molecule has 17 heavy (non-hydrogen) atoms. The third-order valence-corrected chi connectivity index (χ3v) is 3.83. The molecule has 4 heteroatoms. The van der Waals surface area contributed by atoms with Gasteiger partial charge in [0.1, 0.15) is 4.32 Å². The number of likely N-dealkylation sites (N-methyl/N-ethyl adjacent to an activating group) is 1. The summed E-state index contributed by atoms with van der Waals surface area (Å²) in [5.74, 6) is -0.0299. The number of carbonyl (C=O) groups excluding carboxylic acids is 1. The lowest BCUT2D eigenvalue weighted by molar-refractivity contribution is -0.121. The first-order valence-electron chi connectivity index (χ1n) is 5.12. The summed E-state index contributed by atoms with van der Waals surface area (Å²) >= 11 is 6.38. The second-order valence-corrected chi connectivity index (χ2v) is 5.21. The topological polar surface area (TPSA) is 20.3 Å². The van der Waals surface area contributed by atoms with Crippen LogP contribution in [0.3, 0.4) is 0 Å². The lowest BCUT2D eigenvalue weighted by Gasteiger charge is -2.03. The summed E-state index contributed by atoms with van der Waals surface area (Å²) in [5, 5.41) is 0. The summed E-state index contributed by atoms with van der Waals surface area (Å²) in [5.41, 5.74) is 1.11. The molecule has 0 aliphatic carbocycles. The van der Waals surface area contributed by atoms with Crippen molar-refractivity contribution in [3.63, 3.8) is 0 Å². The third kappa shape index (κ3) is 2.84. The molecule has 86 valence electrons. The summed E-state index contributed by atoms with van der Waals surface area (Å²) in [7, 11) is 1.69. The van der Waals surface area contributed by atoms with Crippen LogP contribution in [0.2, 0.25) is 0 Å². The van der Waals surface area contributed by atoms with Crippen LogP contribution in [-0.2, 0) is 4.79 Å². The normalized spacial score (nSPS) is 18.6. The number of hydrogen-bond donors (Lipinski definition) is 0. The highest BCUT2D eigenvalue weighted by molar-refractivity contribution is 8.26. The van der Waals surface area contributed by atoms with Crippen molar-refractivity contribution in [1.29, 1.82) is 0 Å². The van der Waals surface area contributed by atoms with Crippen LogP contribution in [0.25, 0.3) is 6.08 Å². The molecule has 0 N–H and O–H groups in total. The lowest BCUT2D eigenvalue weighted by Crippen LogP contribution is -2.22. The smallest absolute Gasteiger partial charge is 0.265 e. The second kappa shape index (κ2) is 5.29. The highest BCUT2D eigenvalue weighted by atomic mass is 32.2. The molecule has 0 saturated carbocycles. The van der Waals surface area contributed by atoms with E-state index in [0.717, 1.165) is 5.56 Å². The van der Waals surface area contributed by atoms with Crippen molar-refractivity contribution >= 4 is 40.3 Å². The standard InChI is InChI=1S/C13H11NOS2/c1-14-12(15)11(17-13(14)16)9-5-8-10-6-3-2-4-7-10/h2-9H,1H3. The van der Waals surface area contributed by atoms with Gasteiger partial charge in [0.15, 0.2) is 0 Å². The van der Waals surface area contributed by atoms with Gasteiger partial charge < -0.3 is 0 Å². The van der Waals surface area contributed by atoms with E-state index < -0.39 is 0 Å². The van der Waals surface area contributed by atoms with Crippen molar-refractivity contribution in [3.8, 4) is 0 Å². The first-order chi connectivity index (χ1) is 8.18. The molecule has 1 aromatic carbocycles. The zero-order valence-electron chi connectivity index (χ0n) is 9.29. The highest BCUT2D eigenvalue weighted by Crippen LogP contribution is 2.29. The Bertz CT molecular complexity index is 505. The number of hydrogen-bond acceptors (Lipinski definition) is 3. The van der Waals surface area contributed by atoms with Gasteiger partial charge in [-0.1, -0.05) is 66.5 Å². The Labute approximate surface area is 110 Å². The van der Waals surface area contributed by atoms with Gasteiger partial charge in [0.2, 0.25) is 0 Å². The molecule has 0 atom stereocenters. The van der Waals surface area contributed by atoms with Gasteiger partial charge in [-0.05, 0) is 11.6 Å². The Morgan fingerprint density at radius 3 is 2.59 bits per heavy atom. The number of rotatable bonds is 2. The monoisotopic (exact) mass is 261 g/mol. The van der Waals surface area contributed by atoms with Crippen LogP contribution in [0, 0.1) is 0 Å². The van der Waals surface area contributed by atoms with Gasteiger partial charge in [-0.25, -0.2) is 0 Å². The number of amides is 1. The Morgan fingerprint density at radius 1 is 1.29 bits per heavy atom. The maximum Gasteiger partial charge on any atom is 0.265 e. The fourth-order valence-corrected chi connectivity index (χ4v) is 2.50. The quantitative estimate of drug-likeness (QED) is 0.603. The first-order valence-corrected chi connectivity index (χ1v) is 6.34. The molecule has 2 nitrogen and oxygen atoms in total. The number of thioether (sulfide) groups is 1. The van der Waals surface area contributed by atoms with Gasteiger partial charge in [-0.15, -0.1) is 0 Å². The molecule has 0 radical (unpaired) electrons. The maximum atomic E-state index is 11.7. The summed E-state index contributed by atoms with van der Waals surface area (Å²) in [6.07, 6.45) is 5.63. The van der Waals surface area contributed by atoms with Crippen LogP contribution in [0.5, 0.6) is 0 Å². The Kier molecular flexibility index (Phi) is 3.76. The van der Waals surface area contributed by atoms with Gasteiger partial charge >= 0.3 is 0 Å². The molecule has 0 spiro atoms. The van der Waals surface area contributed by atoms with Crippen LogP contribution in [0.4, 0.5) is 0 Å². The van der Waals surface area contributed by atoms with Crippen molar-refractivity contribution in [3.05, 3.63) is 53.0 Å². The van der Waals surface area contributed by atoms with Gasteiger partial charge in [0.25, 0.3) is 5.91 Å². The molecule has 1 fully saturated rings. The second-order valence-electron chi connectivity index (χ2n) is 3.53. The molecular weight excluding hydrogens is 250 g/mol. The molecule has 1 aliphatic heterocycles. The minimum absolute atomic E-state index is 0.0299. The zero-order chi connectivity index (χ0) is 12.3. The number of allylic oxidation sites excluding steroid dienone is 2. The van der Waals surface area contributed by atoms with E-state index in [1.807, 2.05) is 42.5 Å². The van der Waals surface area contributed by atoms with Gasteiger partial charge in [0.05, 0.1) is 4.91 Å². The number of benzene rings is 1. The number of nitrogens with zero attached hydrogens (tertiary/aromatic N) is 1. The molecule has 0 aromatic heterocycles. The molecular formula is C13H11NOS2. The highest BCUT2D eigenvalue weighted by Gasteiger charge is 2.27. The zero-order valence-corrected chi connectivity index (χ0v) is 10.9. The summed E-state index contributed by atoms with van der Waals surface area (Å²) in [6, 6.07) is 9.95. The van der Waals surface area contributed by atoms with Crippen molar-refractivity contribution in [2.75, 3.05) is 7.05 Å². The SMILES string of the molecule is CN1C(=O)C(=CC=Cc2ccccc2)SC1=S. The molecule has 1 amide bonds. The van der Waals surface area contributed by atoms with Crippen molar-refractivity contribution in [2.24, 2.45) is 0 Å². The van der Waals surface area contributed by atoms with E-state index >= 15 is 0 Å². The van der Waals surface area contributed by atoms with E-state index in [2.05, 4.69) is 0 Å². The van der Waals surface area contributed by atoms with Gasteiger partial charge in [-0.3, -0.25) is 9.69 Å². The van der Waals surface area contributed by atoms with Crippen LogP contribution < -0.4 is 0 Å². The average Bonchev–Trinajstić information content (AvgIpc) is 2.59. The Hall–Kier alpha value is -1.39. The first kappa shape index (κ1) is 12.1. The van der Waals surface area contributed by atoms with Crippen LogP contribution in [0.1, 0.15) is 5.56 Å². The van der Waals surface area contributed by atoms with Gasteiger partial charge in [-0.2, -0.15) is 0 Å². The minimum atomic E-state index is -0.0299. The fraction of sp³-hybridized carbons (Fsp3) is 0.0769. The third-order valence-electron chi connectivity index (χ3n) is 2.32. The van der Waals surface area contributed by atoms with Gasteiger partial charge in [0, 0.05) is 7.05 Å². The summed E-state index contributed by atoms with van der Waals surface area (Å²) in [6.45, 7) is 0. The van der Waals surface area contributed by atoms with Crippen LogP contribution in [-0.4, -0.2) is 22.2 Å². The molecule has 1 aliphatic rings. The van der Waals surface area contributed by atoms with E-state index in [1.165, 1.54) is 16.7 Å². The summed E-state index contributed by atoms with van der Waals surface area (Å²) in [4.78, 5) is 13.8. The average molecular weight is 261 g/mol. The molecule has 0 unspecified atom stereocenters. The lowest BCUT2D eigenvalue weighted by atomic mass is 10.2. The van der Waals surface area contributed by atoms with Crippen molar-refractivity contribution < 1.29 is 4.79 Å². The van der Waals surface area contributed by atoms with E-state index in [-0.39, 0.29) is 5.91 Å². The summed E-state index contributed by atoms with van der Waals surface area (Å²) < 4.78 is 0.606. The van der Waals surface area contributed by atoms with Crippen molar-refractivity contribution in [1.82, 2.24) is 4.90 Å². The predicted octanol–water partition coefficient (Wildman–Crippen LogP) is 3.07. The Balaban J connectivity index is 2.10. The maximum absolute atomic E-state index is 11.7. The molecule has 1 aromatic rings. The Morgan fingerprint density at radius 2 is 2.00 bits per heavy atom. The minimum Gasteiger partial charge on any atom is -0.296 e. The largest absolute Gasteiger partial charge is 0.296 e. The van der Waals surface area contributed by atoms with Crippen LogP contribution in [0.15, 0.2) is 47.4 Å². The molecule has 1 heterocycles. The van der Waals surface area contributed by atoms with Crippen molar-refractivity contribution in [2.45, 2.75) is 0 Å². The van der Waals surface area contributed by atoms with Crippen LogP contribution >= 0.6 is 24.0 Å². The molecule has 0 bridgehead atoms. The van der Waals surface area contributed by atoms with E-state index in [1.54, 1.807) is 13.1 Å². The molecule has 1 saturated heterocycles. The number of carbonyl (C=O) groups is 1. The number of thiocarbonyl (C=S) groups is 1.